The molecule has 1 heteroatoms. The van der Waals surface area contributed by atoms with Crippen LogP contribution in [0.2, 0.25) is 4.98 Å². The van der Waals surface area contributed by atoms with Crippen LogP contribution in [0.1, 0.15) is 45.4 Å². The third kappa shape index (κ3) is 8.64. The van der Waals surface area contributed by atoms with Crippen molar-refractivity contribution in [3.8, 4) is 0 Å². The van der Waals surface area contributed by atoms with Crippen LogP contribution in [-0.4, -0.2) is 18.6 Å². The molecule has 0 aliphatic rings. The molecule has 0 bridgehead atoms. The maximum absolute atomic E-state index is 2.27. The quantitative estimate of drug-likeness (QED) is 0.440. The standard InChI is InChI=1S/C8H17.Ga.2H/c1-3-5-7-8-6-4-2;;;/h1,3-8H2,2H3;;;. The van der Waals surface area contributed by atoms with Gasteiger partial charge >= 0.3 is 69.0 Å². The Kier molecular flexibility index (Phi) is 9.25. The Morgan fingerprint density at radius 3 is 2.00 bits per heavy atom. The molecule has 0 aliphatic carbocycles. The molecule has 0 aromatic heterocycles. The molecular formula is C8H19Ga. The van der Waals surface area contributed by atoms with Gasteiger partial charge in [-0.05, 0) is 0 Å². The average molecular weight is 185 g/mol. The van der Waals surface area contributed by atoms with Crippen LogP contribution >= 0.6 is 0 Å². The SMILES string of the molecule is CCCCCCC[CH2][GaH2]. The molecule has 54 valence electrons. The van der Waals surface area contributed by atoms with Crippen LogP contribution in [0.3, 0.4) is 0 Å². The van der Waals surface area contributed by atoms with Crippen molar-refractivity contribution < 1.29 is 0 Å². The van der Waals surface area contributed by atoms with E-state index < -0.39 is 0 Å². The van der Waals surface area contributed by atoms with Crippen molar-refractivity contribution in [2.75, 3.05) is 0 Å². The topological polar surface area (TPSA) is 0 Å². The summed E-state index contributed by atoms with van der Waals surface area (Å²) in [6.07, 6.45) is 8.81. The summed E-state index contributed by atoms with van der Waals surface area (Å²) in [6.45, 7) is 2.27. The van der Waals surface area contributed by atoms with Gasteiger partial charge in [0.05, 0.1) is 0 Å². The fourth-order valence-electron chi connectivity index (χ4n) is 1.03. The van der Waals surface area contributed by atoms with Crippen LogP contribution in [0.5, 0.6) is 0 Å². The summed E-state index contributed by atoms with van der Waals surface area (Å²) < 4.78 is 0. The zero-order valence-electron chi connectivity index (χ0n) is 6.95. The summed E-state index contributed by atoms with van der Waals surface area (Å²) in [7, 11) is 0. The Morgan fingerprint density at radius 1 is 0.889 bits per heavy atom. The van der Waals surface area contributed by atoms with Gasteiger partial charge in [-0.1, -0.05) is 0 Å². The van der Waals surface area contributed by atoms with Gasteiger partial charge in [-0.15, -0.1) is 0 Å². The van der Waals surface area contributed by atoms with Crippen molar-refractivity contribution in [3.63, 3.8) is 0 Å². The van der Waals surface area contributed by atoms with Crippen molar-refractivity contribution in [1.82, 2.24) is 0 Å². The summed E-state index contributed by atoms with van der Waals surface area (Å²) in [5.41, 5.74) is 0. The van der Waals surface area contributed by atoms with Gasteiger partial charge in [0.15, 0.2) is 0 Å². The summed E-state index contributed by atoms with van der Waals surface area (Å²) in [5.74, 6) is 0. The van der Waals surface area contributed by atoms with Gasteiger partial charge in [0.25, 0.3) is 0 Å². The Labute approximate surface area is 69.3 Å². The molecule has 0 nitrogen and oxygen atoms in total. The summed E-state index contributed by atoms with van der Waals surface area (Å²) in [6, 6.07) is 0. The third-order valence-electron chi connectivity index (χ3n) is 1.71. The van der Waals surface area contributed by atoms with E-state index in [4.69, 9.17) is 0 Å². The van der Waals surface area contributed by atoms with Gasteiger partial charge in [0.1, 0.15) is 0 Å². The first-order valence-corrected chi connectivity index (χ1v) is 7.38. The molecule has 0 spiro atoms. The molecule has 0 amide bonds. The predicted molar refractivity (Wildman–Crippen MR) is 46.7 cm³/mol. The molecule has 0 saturated heterocycles. The third-order valence-corrected chi connectivity index (χ3v) is 3.19. The number of hydrogen-bond donors (Lipinski definition) is 0. The first kappa shape index (κ1) is 9.64. The zero-order valence-corrected chi connectivity index (χ0v) is 11.1. The molecule has 0 radical (unpaired) electrons. The Hall–Kier alpha value is 0.636. The van der Waals surface area contributed by atoms with Gasteiger partial charge in [-0.2, -0.15) is 0 Å². The Morgan fingerprint density at radius 2 is 1.44 bits per heavy atom. The molecule has 0 heterocycles. The first-order chi connectivity index (χ1) is 4.41. The first-order valence-electron chi connectivity index (χ1n) is 4.41. The van der Waals surface area contributed by atoms with Gasteiger partial charge < -0.3 is 0 Å². The van der Waals surface area contributed by atoms with E-state index >= 15 is 0 Å². The van der Waals surface area contributed by atoms with E-state index in [0.717, 1.165) is 18.6 Å². The molecular weight excluding hydrogens is 166 g/mol. The Bertz CT molecular complexity index is 37.8. The van der Waals surface area contributed by atoms with Crippen LogP contribution in [0.25, 0.3) is 0 Å². The molecule has 0 fully saturated rings. The van der Waals surface area contributed by atoms with Crippen LogP contribution in [-0.2, 0) is 0 Å². The van der Waals surface area contributed by atoms with Crippen molar-refractivity contribution in [2.45, 2.75) is 50.4 Å². The van der Waals surface area contributed by atoms with Gasteiger partial charge in [0.2, 0.25) is 0 Å². The normalized spacial score (nSPS) is 9.89. The number of unbranched alkanes of at least 4 members (excludes halogenated alkanes) is 5. The van der Waals surface area contributed by atoms with Crippen molar-refractivity contribution in [1.29, 1.82) is 0 Å². The van der Waals surface area contributed by atoms with Crippen molar-refractivity contribution >= 4 is 18.6 Å². The maximum atomic E-state index is 2.27. The number of hydrogen-bond acceptors (Lipinski definition) is 0. The van der Waals surface area contributed by atoms with E-state index in [2.05, 4.69) is 6.92 Å². The zero-order chi connectivity index (χ0) is 6.95. The minimum atomic E-state index is 1.11. The van der Waals surface area contributed by atoms with E-state index in [1.807, 2.05) is 0 Å². The van der Waals surface area contributed by atoms with Gasteiger partial charge in [0, 0.05) is 0 Å². The van der Waals surface area contributed by atoms with Crippen LogP contribution in [0.15, 0.2) is 0 Å². The second-order valence-electron chi connectivity index (χ2n) is 2.77. The molecule has 9 heavy (non-hydrogen) atoms. The van der Waals surface area contributed by atoms with E-state index in [1.165, 1.54) is 38.5 Å². The Balaban J connectivity index is 2.60. The minimum absolute atomic E-state index is 1.11. The van der Waals surface area contributed by atoms with Gasteiger partial charge in [-0.25, -0.2) is 0 Å². The van der Waals surface area contributed by atoms with Gasteiger partial charge in [-0.3, -0.25) is 0 Å². The second-order valence-corrected chi connectivity index (χ2v) is 4.87. The average Bonchev–Trinajstić information content (AvgIpc) is 1.89. The monoisotopic (exact) mass is 184 g/mol. The molecule has 0 aliphatic heterocycles. The summed E-state index contributed by atoms with van der Waals surface area (Å²) >= 11 is 1.11. The molecule has 0 N–H and O–H groups in total. The predicted octanol–water partition coefficient (Wildman–Crippen LogP) is 2.40. The summed E-state index contributed by atoms with van der Waals surface area (Å²) in [4.78, 5) is 1.55. The fourth-order valence-corrected chi connectivity index (χ4v) is 2.08. The second kappa shape index (κ2) is 8.64. The van der Waals surface area contributed by atoms with Crippen LogP contribution < -0.4 is 0 Å². The van der Waals surface area contributed by atoms with Crippen LogP contribution in [0, 0.1) is 0 Å². The molecule has 0 unspecified atom stereocenters. The fraction of sp³-hybridized carbons (Fsp3) is 1.00. The number of rotatable bonds is 6. The molecule has 0 aromatic rings. The van der Waals surface area contributed by atoms with Crippen molar-refractivity contribution in [2.24, 2.45) is 0 Å². The van der Waals surface area contributed by atoms with Crippen LogP contribution in [0.4, 0.5) is 0 Å². The molecule has 0 aromatic carbocycles. The van der Waals surface area contributed by atoms with E-state index in [-0.39, 0.29) is 0 Å². The van der Waals surface area contributed by atoms with E-state index in [9.17, 15) is 0 Å². The van der Waals surface area contributed by atoms with E-state index in [1.54, 1.807) is 4.98 Å². The molecule has 0 atom stereocenters. The summed E-state index contributed by atoms with van der Waals surface area (Å²) in [5, 5.41) is 0. The molecule has 0 rings (SSSR count). The van der Waals surface area contributed by atoms with E-state index in [0.29, 0.717) is 0 Å². The van der Waals surface area contributed by atoms with Crippen molar-refractivity contribution in [3.05, 3.63) is 0 Å². The molecule has 0 saturated carbocycles.